The maximum Gasteiger partial charge on any atom is 0.323 e. The Morgan fingerprint density at radius 1 is 0.604 bits per heavy atom. The third-order valence-corrected chi connectivity index (χ3v) is 15.7. The molecule has 0 radical (unpaired) electrons. The Morgan fingerprint density at radius 2 is 1.31 bits per heavy atom. The molecule has 7 heteroatoms. The Hall–Kier alpha value is -4.99. The number of para-hydroxylation sites is 2. The van der Waals surface area contributed by atoms with Gasteiger partial charge in [-0.3, -0.25) is 0 Å². The molecule has 0 fully saturated rings. The maximum absolute atomic E-state index is 7.03. The van der Waals surface area contributed by atoms with Gasteiger partial charge in [-0.05, 0) is 71.0 Å². The lowest BCUT2D eigenvalue weighted by Crippen LogP contribution is -2.75. The van der Waals surface area contributed by atoms with Crippen molar-refractivity contribution < 1.29 is 13.9 Å². The largest absolute Gasteiger partial charge is 0.456 e. The number of hydrogen-bond acceptors (Lipinski definition) is 1. The molecule has 230 valence electrons. The monoisotopic (exact) mass is 654 g/mol. The summed E-state index contributed by atoms with van der Waals surface area (Å²) in [6.07, 6.45) is 0. The minimum absolute atomic E-state index is 0.637. The Bertz CT molecular complexity index is 2900. The molecule has 12 rings (SSSR count). The summed E-state index contributed by atoms with van der Waals surface area (Å²) < 4.78 is 17.6. The quantitative estimate of drug-likeness (QED) is 0.140. The third kappa shape index (κ3) is 2.56. The lowest BCUT2D eigenvalue weighted by molar-refractivity contribution is -0.927. The molecule has 4 aromatic heterocycles. The number of nitrogens with zero attached hydrogens (tertiary/aromatic N) is 4. The van der Waals surface area contributed by atoms with E-state index in [0.717, 1.165) is 11.5 Å². The molecule has 0 saturated carbocycles. The fraction of sp³-hybridized carbons (Fsp3) is 0.171. The van der Waals surface area contributed by atoms with Gasteiger partial charge in [-0.1, -0.05) is 69.6 Å². The molecule has 0 aliphatic carbocycles. The van der Waals surface area contributed by atoms with Crippen LogP contribution in [-0.2, 0) is 5.66 Å². The molecule has 4 aromatic carbocycles. The van der Waals surface area contributed by atoms with E-state index in [4.69, 9.17) is 4.74 Å². The molecule has 8 heterocycles. The van der Waals surface area contributed by atoms with Crippen molar-refractivity contribution >= 4 is 70.3 Å². The molecule has 0 N–H and O–H groups in total. The van der Waals surface area contributed by atoms with Gasteiger partial charge in [-0.25, -0.2) is 0 Å². The van der Waals surface area contributed by atoms with E-state index in [9.17, 15) is 0 Å². The van der Waals surface area contributed by atoms with Crippen molar-refractivity contribution in [3.63, 3.8) is 0 Å². The van der Waals surface area contributed by atoms with Crippen LogP contribution in [-0.4, -0.2) is 25.3 Å². The van der Waals surface area contributed by atoms with Gasteiger partial charge >= 0.3 is 5.66 Å². The Kier molecular flexibility index (Phi) is 4.16. The zero-order valence-corrected chi connectivity index (χ0v) is 29.9. The van der Waals surface area contributed by atoms with Crippen LogP contribution < -0.4 is 24.2 Å². The molecular weight excluding hydrogens is 621 g/mol. The summed E-state index contributed by atoms with van der Waals surface area (Å²) in [5.74, 6) is 3.13. The third-order valence-electron chi connectivity index (χ3n) is 11.7. The SMILES string of the molecule is C[Si](C)(C)c1cc2[n+]3c(c1)-n1c4ccccc4c4ccc5c(c41)C31c3c(cccc3-n3c4ccccc4c4c([Si](C)(C)C)cc-2[n+]1c43)O5. The van der Waals surface area contributed by atoms with Crippen molar-refractivity contribution in [3.8, 4) is 34.4 Å². The van der Waals surface area contributed by atoms with E-state index < -0.39 is 21.8 Å². The fourth-order valence-electron chi connectivity index (χ4n) is 9.78. The Balaban J connectivity index is 1.46. The average Bonchev–Trinajstić information content (AvgIpc) is 3.68. The molecular formula is C41H34N4OSi2+2. The normalized spacial score (nSPS) is 17.6. The molecule has 1 atom stereocenters. The van der Waals surface area contributed by atoms with Gasteiger partial charge in [0.2, 0.25) is 0 Å². The van der Waals surface area contributed by atoms with Crippen LogP contribution in [0.5, 0.6) is 11.5 Å². The molecule has 48 heavy (non-hydrogen) atoms. The first-order valence-corrected chi connectivity index (χ1v) is 24.1. The molecule has 0 bridgehead atoms. The molecule has 1 unspecified atom stereocenters. The van der Waals surface area contributed by atoms with Crippen LogP contribution in [0.1, 0.15) is 11.1 Å². The van der Waals surface area contributed by atoms with Crippen LogP contribution in [0.4, 0.5) is 0 Å². The van der Waals surface area contributed by atoms with Crippen LogP contribution in [0.25, 0.3) is 66.6 Å². The van der Waals surface area contributed by atoms with Gasteiger partial charge in [0, 0.05) is 22.2 Å². The summed E-state index contributed by atoms with van der Waals surface area (Å²) >= 11 is 0. The van der Waals surface area contributed by atoms with Gasteiger partial charge in [-0.2, -0.15) is 18.3 Å². The zero-order valence-electron chi connectivity index (χ0n) is 27.9. The summed E-state index contributed by atoms with van der Waals surface area (Å²) in [4.78, 5) is 0. The minimum atomic E-state index is -1.83. The van der Waals surface area contributed by atoms with Gasteiger partial charge in [0.25, 0.3) is 11.5 Å². The van der Waals surface area contributed by atoms with E-state index in [1.165, 1.54) is 88.1 Å². The topological polar surface area (TPSA) is 26.8 Å². The second-order valence-corrected chi connectivity index (χ2v) is 26.4. The standard InChI is InChI=1S/C41H34N4OSi2/c1-47(2,3)23-20-30-31-22-34(48(4,5)6)36-26-13-8-10-15-28(26)42-29-16-11-17-32-37(29)41(45(31)40(36)42)38-33(46-32)19-18-25-24-12-7-9-14-27(24)43(39(25)38)35(21-23)44(30)41/h7-22H,1-6H3/q+2. The zero-order chi connectivity index (χ0) is 32.2. The highest BCUT2D eigenvalue weighted by molar-refractivity contribution is 6.90. The first kappa shape index (κ1) is 26.0. The summed E-state index contributed by atoms with van der Waals surface area (Å²) in [7, 11) is -3.58. The van der Waals surface area contributed by atoms with E-state index in [1.54, 1.807) is 0 Å². The predicted molar refractivity (Wildman–Crippen MR) is 199 cm³/mol. The smallest absolute Gasteiger partial charge is 0.323 e. The first-order chi connectivity index (χ1) is 23.1. The number of hydrogen-bond donors (Lipinski definition) is 0. The number of pyridine rings is 2. The maximum atomic E-state index is 7.03. The molecule has 5 nitrogen and oxygen atoms in total. The van der Waals surface area contributed by atoms with Crippen molar-refractivity contribution in [2.24, 2.45) is 0 Å². The highest BCUT2D eigenvalue weighted by atomic mass is 28.3. The molecule has 1 spiro atoms. The van der Waals surface area contributed by atoms with Crippen molar-refractivity contribution in [3.05, 3.63) is 108 Å². The van der Waals surface area contributed by atoms with E-state index in [0.29, 0.717) is 0 Å². The van der Waals surface area contributed by atoms with Crippen LogP contribution in [0, 0.1) is 0 Å². The van der Waals surface area contributed by atoms with Gasteiger partial charge in [0.05, 0.1) is 21.5 Å². The predicted octanol–water partition coefficient (Wildman–Crippen LogP) is 7.56. The second kappa shape index (κ2) is 7.67. The number of benzene rings is 4. The van der Waals surface area contributed by atoms with Crippen LogP contribution in [0.2, 0.25) is 39.3 Å². The molecule has 0 saturated heterocycles. The number of rotatable bonds is 2. The summed E-state index contributed by atoms with van der Waals surface area (Å²) in [5, 5.41) is 8.31. The Labute approximate surface area is 279 Å². The van der Waals surface area contributed by atoms with Crippen LogP contribution in [0.15, 0.2) is 97.1 Å². The van der Waals surface area contributed by atoms with E-state index in [2.05, 4.69) is 155 Å². The summed E-state index contributed by atoms with van der Waals surface area (Å²) in [6, 6.07) is 36.9. The van der Waals surface area contributed by atoms with Crippen molar-refractivity contribution in [1.29, 1.82) is 0 Å². The first-order valence-electron chi connectivity index (χ1n) is 17.1. The van der Waals surface area contributed by atoms with Crippen molar-refractivity contribution in [2.45, 2.75) is 44.9 Å². The number of ether oxygens (including phenoxy) is 1. The van der Waals surface area contributed by atoms with E-state index >= 15 is 0 Å². The van der Waals surface area contributed by atoms with Crippen molar-refractivity contribution in [1.82, 2.24) is 9.13 Å². The molecule has 8 aromatic rings. The Morgan fingerprint density at radius 3 is 2.08 bits per heavy atom. The highest BCUT2D eigenvalue weighted by Crippen LogP contribution is 2.57. The van der Waals surface area contributed by atoms with Gasteiger partial charge in [0.15, 0.2) is 16.9 Å². The summed E-state index contributed by atoms with van der Waals surface area (Å²) in [5.41, 5.74) is 10.7. The lowest BCUT2D eigenvalue weighted by atomic mass is 9.82. The average molecular weight is 655 g/mol. The van der Waals surface area contributed by atoms with Gasteiger partial charge in [-0.15, -0.1) is 0 Å². The minimum Gasteiger partial charge on any atom is -0.456 e. The second-order valence-electron chi connectivity index (χ2n) is 16.3. The molecule has 4 aliphatic rings. The van der Waals surface area contributed by atoms with E-state index in [-0.39, 0.29) is 0 Å². The van der Waals surface area contributed by atoms with Crippen LogP contribution in [0.3, 0.4) is 0 Å². The van der Waals surface area contributed by atoms with E-state index in [1.807, 2.05) is 0 Å². The van der Waals surface area contributed by atoms with Crippen LogP contribution >= 0.6 is 0 Å². The lowest BCUT2D eigenvalue weighted by Gasteiger charge is -2.39. The highest BCUT2D eigenvalue weighted by Gasteiger charge is 2.69. The molecule has 4 aliphatic heterocycles. The van der Waals surface area contributed by atoms with Gasteiger partial charge < -0.3 is 4.74 Å². The number of fused-ring (bicyclic) bond motifs is 9. The molecule has 0 amide bonds. The summed E-state index contributed by atoms with van der Waals surface area (Å²) in [6.45, 7) is 15.0. The van der Waals surface area contributed by atoms with Gasteiger partial charge in [0.1, 0.15) is 39.3 Å². The van der Waals surface area contributed by atoms with Crippen molar-refractivity contribution in [2.75, 3.05) is 0 Å². The number of aromatic nitrogens is 4. The fourth-order valence-corrected chi connectivity index (χ4v) is 12.5.